The van der Waals surface area contributed by atoms with Crippen LogP contribution in [0.15, 0.2) is 34.8 Å². The van der Waals surface area contributed by atoms with E-state index in [4.69, 9.17) is 11.6 Å². The van der Waals surface area contributed by atoms with Gasteiger partial charge in [-0.05, 0) is 6.07 Å². The minimum absolute atomic E-state index is 0.368. The summed E-state index contributed by atoms with van der Waals surface area (Å²) in [6, 6.07) is 7.79. The third-order valence-corrected chi connectivity index (χ3v) is 5.70. The molecule has 0 aliphatic heterocycles. The fourth-order valence-electron chi connectivity index (χ4n) is 2.22. The van der Waals surface area contributed by atoms with Gasteiger partial charge in [0.1, 0.15) is 10.8 Å². The molecule has 0 saturated heterocycles. The van der Waals surface area contributed by atoms with Crippen molar-refractivity contribution < 1.29 is 0 Å². The summed E-state index contributed by atoms with van der Waals surface area (Å²) in [6.07, 6.45) is 0. The Bertz CT molecular complexity index is 810. The van der Waals surface area contributed by atoms with Crippen LogP contribution in [0.1, 0.15) is 31.3 Å². The van der Waals surface area contributed by atoms with Gasteiger partial charge < -0.3 is 4.57 Å². The van der Waals surface area contributed by atoms with E-state index in [1.165, 1.54) is 0 Å². The third-order valence-electron chi connectivity index (χ3n) is 3.39. The van der Waals surface area contributed by atoms with E-state index in [0.29, 0.717) is 5.92 Å². The van der Waals surface area contributed by atoms with Crippen LogP contribution in [0.5, 0.6) is 0 Å². The van der Waals surface area contributed by atoms with Crippen LogP contribution >= 0.6 is 34.7 Å². The number of hydrogen-bond donors (Lipinski definition) is 0. The van der Waals surface area contributed by atoms with Gasteiger partial charge in [0.2, 0.25) is 0 Å². The molecule has 0 fully saturated rings. The number of nitrogens with zero attached hydrogens (tertiary/aromatic N) is 4. The summed E-state index contributed by atoms with van der Waals surface area (Å²) in [5.74, 6) is 2.14. The van der Waals surface area contributed by atoms with Crippen LogP contribution < -0.4 is 0 Å². The van der Waals surface area contributed by atoms with Crippen LogP contribution in [0.4, 0.5) is 0 Å². The molecule has 1 aromatic carbocycles. The van der Waals surface area contributed by atoms with E-state index in [-0.39, 0.29) is 0 Å². The van der Waals surface area contributed by atoms with E-state index in [9.17, 15) is 0 Å². The number of hydrogen-bond acceptors (Lipinski definition) is 5. The van der Waals surface area contributed by atoms with Crippen molar-refractivity contribution in [2.24, 2.45) is 7.05 Å². The molecule has 0 saturated carbocycles. The van der Waals surface area contributed by atoms with Gasteiger partial charge >= 0.3 is 0 Å². The van der Waals surface area contributed by atoms with Crippen molar-refractivity contribution in [1.29, 1.82) is 0 Å². The number of halogens is 1. The van der Waals surface area contributed by atoms with E-state index < -0.39 is 0 Å². The zero-order valence-electron chi connectivity index (χ0n) is 13.2. The lowest BCUT2D eigenvalue weighted by atomic mass is 10.2. The van der Waals surface area contributed by atoms with Gasteiger partial charge in [-0.15, -0.1) is 21.5 Å². The number of rotatable bonds is 5. The number of thioether (sulfide) groups is 1. The average molecular weight is 365 g/mol. The molecule has 2 aromatic heterocycles. The fraction of sp³-hybridized carbons (Fsp3) is 0.312. The molecule has 0 amide bonds. The molecule has 0 aliphatic carbocycles. The lowest BCUT2D eigenvalue weighted by molar-refractivity contribution is 0.680. The number of benzene rings is 1. The van der Waals surface area contributed by atoms with Crippen molar-refractivity contribution in [3.63, 3.8) is 0 Å². The quantitative estimate of drug-likeness (QED) is 0.597. The lowest BCUT2D eigenvalue weighted by Gasteiger charge is -2.05. The lowest BCUT2D eigenvalue weighted by Crippen LogP contribution is -2.00. The second-order valence-electron chi connectivity index (χ2n) is 5.47. The Morgan fingerprint density at radius 1 is 1.26 bits per heavy atom. The van der Waals surface area contributed by atoms with Gasteiger partial charge in [-0.2, -0.15) is 0 Å². The highest BCUT2D eigenvalue weighted by Crippen LogP contribution is 2.31. The van der Waals surface area contributed by atoms with Crippen molar-refractivity contribution in [3.8, 4) is 10.6 Å². The molecule has 3 aromatic rings. The van der Waals surface area contributed by atoms with Gasteiger partial charge in [0, 0.05) is 29.7 Å². The van der Waals surface area contributed by atoms with Crippen LogP contribution in [0.3, 0.4) is 0 Å². The zero-order valence-corrected chi connectivity index (χ0v) is 15.5. The van der Waals surface area contributed by atoms with Crippen molar-refractivity contribution in [1.82, 2.24) is 19.7 Å². The largest absolute Gasteiger partial charge is 0.309 e. The van der Waals surface area contributed by atoms with E-state index in [1.54, 1.807) is 23.1 Å². The molecule has 3 rings (SSSR count). The molecule has 0 spiro atoms. The van der Waals surface area contributed by atoms with Crippen LogP contribution in [0.25, 0.3) is 10.6 Å². The SMILES string of the molecule is CC(C)c1nnc(SCc2csc(-c3ccccc3Cl)n2)n1C. The Hall–Kier alpha value is -1.37. The molecule has 2 heterocycles. The average Bonchev–Trinajstić information content (AvgIpc) is 3.12. The summed E-state index contributed by atoms with van der Waals surface area (Å²) in [5, 5.41) is 13.2. The first-order chi connectivity index (χ1) is 11.1. The van der Waals surface area contributed by atoms with Crippen molar-refractivity contribution in [2.75, 3.05) is 0 Å². The Kier molecular flexibility index (Phi) is 5.04. The maximum atomic E-state index is 6.23. The summed E-state index contributed by atoms with van der Waals surface area (Å²) >= 11 is 9.50. The molecular formula is C16H17ClN4S2. The summed E-state index contributed by atoms with van der Waals surface area (Å²) in [7, 11) is 2.01. The second kappa shape index (κ2) is 7.03. The Balaban J connectivity index is 1.72. The second-order valence-corrected chi connectivity index (χ2v) is 7.67. The molecule has 7 heteroatoms. The van der Waals surface area contributed by atoms with Crippen molar-refractivity contribution in [3.05, 3.63) is 46.2 Å². The highest BCUT2D eigenvalue weighted by atomic mass is 35.5. The van der Waals surface area contributed by atoms with Gasteiger partial charge in [-0.3, -0.25) is 0 Å². The summed E-state index contributed by atoms with van der Waals surface area (Å²) in [4.78, 5) is 4.68. The van der Waals surface area contributed by atoms with Crippen LogP contribution in [-0.4, -0.2) is 19.7 Å². The first-order valence-corrected chi connectivity index (χ1v) is 9.52. The van der Waals surface area contributed by atoms with E-state index in [1.807, 2.05) is 31.3 Å². The first-order valence-electron chi connectivity index (χ1n) is 7.27. The third kappa shape index (κ3) is 3.59. The molecule has 0 atom stereocenters. The van der Waals surface area contributed by atoms with E-state index in [0.717, 1.165) is 38.0 Å². The maximum Gasteiger partial charge on any atom is 0.191 e. The summed E-state index contributed by atoms with van der Waals surface area (Å²) in [5.41, 5.74) is 2.01. The smallest absolute Gasteiger partial charge is 0.191 e. The van der Waals surface area contributed by atoms with Gasteiger partial charge in [-0.25, -0.2) is 4.98 Å². The molecule has 0 radical (unpaired) electrons. The topological polar surface area (TPSA) is 43.6 Å². The van der Waals surface area contributed by atoms with Crippen molar-refractivity contribution >= 4 is 34.7 Å². The van der Waals surface area contributed by atoms with Crippen LogP contribution in [0.2, 0.25) is 5.02 Å². The maximum absolute atomic E-state index is 6.23. The van der Waals surface area contributed by atoms with Crippen LogP contribution in [0, 0.1) is 0 Å². The predicted octanol–water partition coefficient (Wildman–Crippen LogP) is 5.01. The normalized spacial score (nSPS) is 11.3. The Labute approximate surface area is 148 Å². The van der Waals surface area contributed by atoms with E-state index >= 15 is 0 Å². The molecule has 23 heavy (non-hydrogen) atoms. The monoisotopic (exact) mass is 364 g/mol. The Morgan fingerprint density at radius 2 is 2.04 bits per heavy atom. The first kappa shape index (κ1) is 16.5. The van der Waals surface area contributed by atoms with Gasteiger partial charge in [-0.1, -0.05) is 55.4 Å². The molecule has 120 valence electrons. The molecule has 0 aliphatic rings. The molecule has 0 unspecified atom stereocenters. The van der Waals surface area contributed by atoms with Crippen molar-refractivity contribution in [2.45, 2.75) is 30.7 Å². The molecule has 4 nitrogen and oxygen atoms in total. The minimum atomic E-state index is 0.368. The fourth-order valence-corrected chi connectivity index (χ4v) is 4.28. The molecular weight excluding hydrogens is 348 g/mol. The molecule has 0 bridgehead atoms. The summed E-state index contributed by atoms with van der Waals surface area (Å²) < 4.78 is 2.05. The highest BCUT2D eigenvalue weighted by Gasteiger charge is 2.13. The van der Waals surface area contributed by atoms with E-state index in [2.05, 4.69) is 39.0 Å². The van der Waals surface area contributed by atoms with Gasteiger partial charge in [0.15, 0.2) is 5.16 Å². The molecule has 0 N–H and O–H groups in total. The predicted molar refractivity (Wildman–Crippen MR) is 97.2 cm³/mol. The highest BCUT2D eigenvalue weighted by molar-refractivity contribution is 7.98. The zero-order chi connectivity index (χ0) is 16.4. The minimum Gasteiger partial charge on any atom is -0.309 e. The standard InChI is InChI=1S/C16H17ClN4S2/c1-10(2)14-19-20-16(21(14)3)23-9-11-8-22-15(18-11)12-6-4-5-7-13(12)17/h4-8,10H,9H2,1-3H3. The van der Waals surface area contributed by atoms with Gasteiger partial charge in [0.05, 0.1) is 10.7 Å². The van der Waals surface area contributed by atoms with Gasteiger partial charge in [0.25, 0.3) is 0 Å². The summed E-state index contributed by atoms with van der Waals surface area (Å²) in [6.45, 7) is 4.24. The van der Waals surface area contributed by atoms with Crippen LogP contribution in [-0.2, 0) is 12.8 Å². The number of aromatic nitrogens is 4. The number of thiazole rings is 1. The Morgan fingerprint density at radius 3 is 2.74 bits per heavy atom.